The van der Waals surface area contributed by atoms with Gasteiger partial charge in [-0.15, -0.1) is 0 Å². The molecule has 3 heteroatoms. The zero-order valence-electron chi connectivity index (χ0n) is 9.57. The van der Waals surface area contributed by atoms with Gasteiger partial charge in [-0.3, -0.25) is 0 Å². The molecule has 0 spiro atoms. The summed E-state index contributed by atoms with van der Waals surface area (Å²) in [6.07, 6.45) is 2.78. The van der Waals surface area contributed by atoms with E-state index in [0.29, 0.717) is 12.6 Å². The monoisotopic (exact) mass is 227 g/mol. The third-order valence-electron chi connectivity index (χ3n) is 2.45. The van der Waals surface area contributed by atoms with Crippen molar-refractivity contribution >= 4 is 11.3 Å². The van der Waals surface area contributed by atoms with Gasteiger partial charge in [0.2, 0.25) is 0 Å². The van der Waals surface area contributed by atoms with Crippen molar-refractivity contribution in [3.63, 3.8) is 0 Å². The fraction of sp³-hybridized carbons (Fsp3) is 0.667. The van der Waals surface area contributed by atoms with E-state index < -0.39 is 0 Å². The van der Waals surface area contributed by atoms with E-state index in [1.807, 2.05) is 0 Å². The lowest BCUT2D eigenvalue weighted by atomic mass is 10.1. The van der Waals surface area contributed by atoms with E-state index in [-0.39, 0.29) is 6.10 Å². The molecule has 1 aromatic rings. The molecule has 0 bridgehead atoms. The molecule has 0 fully saturated rings. The zero-order chi connectivity index (χ0) is 11.1. The van der Waals surface area contributed by atoms with Crippen molar-refractivity contribution in [2.75, 3.05) is 6.54 Å². The molecule has 1 rings (SSSR count). The van der Waals surface area contributed by atoms with Crippen LogP contribution in [0, 0.1) is 0 Å². The Hall–Kier alpha value is -0.380. The number of aliphatic hydroxyl groups excluding tert-OH is 1. The summed E-state index contributed by atoms with van der Waals surface area (Å²) in [5.41, 5.74) is 1.38. The Balaban J connectivity index is 2.16. The highest BCUT2D eigenvalue weighted by Gasteiger charge is 2.06. The summed E-state index contributed by atoms with van der Waals surface area (Å²) in [7, 11) is 0. The zero-order valence-corrected chi connectivity index (χ0v) is 10.4. The minimum absolute atomic E-state index is 0.195. The lowest BCUT2D eigenvalue weighted by Crippen LogP contribution is -2.34. The summed E-state index contributed by atoms with van der Waals surface area (Å²) >= 11 is 1.74. The van der Waals surface area contributed by atoms with Crippen LogP contribution in [0.25, 0.3) is 0 Å². The Morgan fingerprint density at radius 1 is 1.53 bits per heavy atom. The Morgan fingerprint density at radius 2 is 2.33 bits per heavy atom. The third kappa shape index (κ3) is 5.30. The van der Waals surface area contributed by atoms with E-state index in [1.54, 1.807) is 11.3 Å². The molecule has 0 radical (unpaired) electrons. The van der Waals surface area contributed by atoms with E-state index in [9.17, 15) is 5.11 Å². The van der Waals surface area contributed by atoms with Crippen molar-refractivity contribution in [1.82, 2.24) is 5.32 Å². The SMILES string of the molecule is CCCC(O)CNC(C)Cc1ccsc1. The van der Waals surface area contributed by atoms with Crippen LogP contribution in [0.3, 0.4) is 0 Å². The standard InChI is InChI=1S/C12H21NOS/c1-3-4-12(14)8-13-10(2)7-11-5-6-15-9-11/h5-6,9-10,12-14H,3-4,7-8H2,1-2H3. The molecule has 1 aromatic heterocycles. The molecule has 0 amide bonds. The maximum absolute atomic E-state index is 9.56. The molecule has 0 saturated carbocycles. The van der Waals surface area contributed by atoms with E-state index in [2.05, 4.69) is 36.0 Å². The first-order valence-corrected chi connectivity index (χ1v) is 6.59. The van der Waals surface area contributed by atoms with Gasteiger partial charge in [-0.25, -0.2) is 0 Å². The molecular weight excluding hydrogens is 206 g/mol. The normalized spacial score (nSPS) is 15.1. The highest BCUT2D eigenvalue weighted by atomic mass is 32.1. The highest BCUT2D eigenvalue weighted by Crippen LogP contribution is 2.08. The average molecular weight is 227 g/mol. The molecule has 0 aliphatic carbocycles. The number of thiophene rings is 1. The van der Waals surface area contributed by atoms with Crippen molar-refractivity contribution in [3.8, 4) is 0 Å². The number of aliphatic hydroxyl groups is 1. The highest BCUT2D eigenvalue weighted by molar-refractivity contribution is 7.07. The van der Waals surface area contributed by atoms with Gasteiger partial charge in [-0.2, -0.15) is 11.3 Å². The van der Waals surface area contributed by atoms with Crippen LogP contribution >= 0.6 is 11.3 Å². The average Bonchev–Trinajstić information content (AvgIpc) is 2.68. The molecule has 2 nitrogen and oxygen atoms in total. The summed E-state index contributed by atoms with van der Waals surface area (Å²) < 4.78 is 0. The van der Waals surface area contributed by atoms with E-state index in [0.717, 1.165) is 19.3 Å². The molecule has 0 aromatic carbocycles. The van der Waals surface area contributed by atoms with Crippen molar-refractivity contribution in [1.29, 1.82) is 0 Å². The molecule has 0 aliphatic heterocycles. The van der Waals surface area contributed by atoms with Crippen LogP contribution in [0.4, 0.5) is 0 Å². The van der Waals surface area contributed by atoms with Gasteiger partial charge in [0.15, 0.2) is 0 Å². The van der Waals surface area contributed by atoms with Crippen molar-refractivity contribution < 1.29 is 5.11 Å². The summed E-state index contributed by atoms with van der Waals surface area (Å²) in [6.45, 7) is 4.97. The smallest absolute Gasteiger partial charge is 0.0664 e. The minimum atomic E-state index is -0.195. The molecule has 1 heterocycles. The first-order chi connectivity index (χ1) is 7.22. The van der Waals surface area contributed by atoms with Crippen molar-refractivity contribution in [3.05, 3.63) is 22.4 Å². The summed E-state index contributed by atoms with van der Waals surface area (Å²) in [6, 6.07) is 2.59. The van der Waals surface area contributed by atoms with Gasteiger partial charge in [0, 0.05) is 12.6 Å². The Bertz CT molecular complexity index is 248. The first kappa shape index (κ1) is 12.7. The van der Waals surface area contributed by atoms with Gasteiger partial charge in [-0.1, -0.05) is 13.3 Å². The predicted molar refractivity (Wildman–Crippen MR) is 66.4 cm³/mol. The van der Waals surface area contributed by atoms with Gasteiger partial charge in [0.05, 0.1) is 6.10 Å². The van der Waals surface area contributed by atoms with Gasteiger partial charge >= 0.3 is 0 Å². The maximum atomic E-state index is 9.56. The second kappa shape index (κ2) is 6.99. The number of nitrogens with one attached hydrogen (secondary N) is 1. The molecule has 86 valence electrons. The second-order valence-electron chi connectivity index (χ2n) is 4.09. The quantitative estimate of drug-likeness (QED) is 0.750. The van der Waals surface area contributed by atoms with Gasteiger partial charge in [0.1, 0.15) is 0 Å². The predicted octanol–water partition coefficient (Wildman–Crippen LogP) is 2.43. The van der Waals surface area contributed by atoms with E-state index in [1.165, 1.54) is 5.56 Å². The number of hydrogen-bond acceptors (Lipinski definition) is 3. The van der Waals surface area contributed by atoms with Gasteiger partial charge in [0.25, 0.3) is 0 Å². The fourth-order valence-corrected chi connectivity index (χ4v) is 2.29. The van der Waals surface area contributed by atoms with E-state index in [4.69, 9.17) is 0 Å². The van der Waals surface area contributed by atoms with Crippen LogP contribution in [-0.2, 0) is 6.42 Å². The van der Waals surface area contributed by atoms with Gasteiger partial charge < -0.3 is 10.4 Å². The van der Waals surface area contributed by atoms with Crippen LogP contribution in [0.1, 0.15) is 32.3 Å². The third-order valence-corrected chi connectivity index (χ3v) is 3.18. The maximum Gasteiger partial charge on any atom is 0.0664 e. The molecule has 15 heavy (non-hydrogen) atoms. The molecule has 2 unspecified atom stereocenters. The first-order valence-electron chi connectivity index (χ1n) is 5.65. The number of rotatable bonds is 7. The Kier molecular flexibility index (Phi) is 5.91. The van der Waals surface area contributed by atoms with Crippen LogP contribution in [-0.4, -0.2) is 23.8 Å². The lowest BCUT2D eigenvalue weighted by Gasteiger charge is -2.16. The van der Waals surface area contributed by atoms with Crippen LogP contribution in [0.15, 0.2) is 16.8 Å². The molecular formula is C12H21NOS. The summed E-state index contributed by atoms with van der Waals surface area (Å²) in [5, 5.41) is 17.2. The largest absolute Gasteiger partial charge is 0.392 e. The Labute approximate surface area is 96.3 Å². The van der Waals surface area contributed by atoms with Crippen LogP contribution < -0.4 is 5.32 Å². The van der Waals surface area contributed by atoms with E-state index >= 15 is 0 Å². The topological polar surface area (TPSA) is 32.3 Å². The Morgan fingerprint density at radius 3 is 2.93 bits per heavy atom. The second-order valence-corrected chi connectivity index (χ2v) is 4.87. The lowest BCUT2D eigenvalue weighted by molar-refractivity contribution is 0.157. The minimum Gasteiger partial charge on any atom is -0.392 e. The number of hydrogen-bond donors (Lipinski definition) is 2. The van der Waals surface area contributed by atoms with Crippen molar-refractivity contribution in [2.24, 2.45) is 0 Å². The van der Waals surface area contributed by atoms with Crippen LogP contribution in [0.2, 0.25) is 0 Å². The van der Waals surface area contributed by atoms with Crippen molar-refractivity contribution in [2.45, 2.75) is 45.3 Å². The summed E-state index contributed by atoms with van der Waals surface area (Å²) in [5.74, 6) is 0. The molecule has 2 N–H and O–H groups in total. The van der Waals surface area contributed by atoms with Gasteiger partial charge in [-0.05, 0) is 42.2 Å². The molecule has 0 saturated heterocycles. The van der Waals surface area contributed by atoms with Crippen LogP contribution in [0.5, 0.6) is 0 Å². The summed E-state index contributed by atoms with van der Waals surface area (Å²) in [4.78, 5) is 0. The molecule has 0 aliphatic rings. The fourth-order valence-electron chi connectivity index (χ4n) is 1.61. The molecule has 2 atom stereocenters.